The van der Waals surface area contributed by atoms with E-state index in [0.29, 0.717) is 39.6 Å². The number of amides is 4. The van der Waals surface area contributed by atoms with Crippen LogP contribution < -0.4 is 10.3 Å². The number of hydrazine groups is 1. The number of carbonyl (C=O) groups is 5. The third-order valence-electron chi connectivity index (χ3n) is 11.9. The molecule has 4 aromatic carbocycles. The van der Waals surface area contributed by atoms with Crippen LogP contribution in [0.5, 0.6) is 0 Å². The number of aliphatic hydroxyl groups is 1. The molecule has 5 aromatic rings. The number of fused-ring (bicyclic) bond motifs is 4. The molecular formula is C45H37N3O7. The van der Waals surface area contributed by atoms with Gasteiger partial charge in [0.05, 0.1) is 35.0 Å². The van der Waals surface area contributed by atoms with Crippen LogP contribution in [-0.4, -0.2) is 39.5 Å². The van der Waals surface area contributed by atoms with Crippen molar-refractivity contribution in [3.05, 3.63) is 167 Å². The maximum atomic E-state index is 15.2. The van der Waals surface area contributed by atoms with Crippen molar-refractivity contribution in [3.8, 4) is 0 Å². The molecular weight excluding hydrogens is 695 g/mol. The first-order valence-corrected chi connectivity index (χ1v) is 18.5. The van der Waals surface area contributed by atoms with Crippen LogP contribution in [0.25, 0.3) is 0 Å². The van der Waals surface area contributed by atoms with Gasteiger partial charge in [-0.3, -0.25) is 34.3 Å². The second-order valence-electron chi connectivity index (χ2n) is 14.8. The van der Waals surface area contributed by atoms with Gasteiger partial charge in [-0.05, 0) is 79.8 Å². The molecule has 2 N–H and O–H groups in total. The monoisotopic (exact) mass is 731 g/mol. The van der Waals surface area contributed by atoms with Crippen molar-refractivity contribution >= 4 is 40.8 Å². The molecule has 3 fully saturated rings. The summed E-state index contributed by atoms with van der Waals surface area (Å²) in [5.74, 6) is -4.96. The van der Waals surface area contributed by atoms with E-state index in [1.54, 1.807) is 72.8 Å². The average Bonchev–Trinajstić information content (AvgIpc) is 3.86. The molecule has 4 amide bonds. The van der Waals surface area contributed by atoms with E-state index in [1.165, 1.54) is 4.90 Å². The minimum atomic E-state index is -1.47. The molecule has 1 saturated carbocycles. The van der Waals surface area contributed by atoms with Crippen molar-refractivity contribution in [3.63, 3.8) is 0 Å². The number of hydrogen-bond acceptors (Lipinski definition) is 8. The van der Waals surface area contributed by atoms with Gasteiger partial charge >= 0.3 is 0 Å². The van der Waals surface area contributed by atoms with E-state index in [4.69, 9.17) is 4.42 Å². The number of aryl methyl sites for hydroxylation is 1. The van der Waals surface area contributed by atoms with Crippen LogP contribution in [0.1, 0.15) is 57.3 Å². The number of imide groups is 2. The number of anilines is 2. The summed E-state index contributed by atoms with van der Waals surface area (Å²) in [4.78, 5) is 73.1. The van der Waals surface area contributed by atoms with E-state index in [0.717, 1.165) is 16.1 Å². The zero-order chi connectivity index (χ0) is 38.0. The number of carbonyl (C=O) groups excluding carboxylic acids is 5. The summed E-state index contributed by atoms with van der Waals surface area (Å²) in [5, 5.41) is 11.1. The Bertz CT molecular complexity index is 2390. The van der Waals surface area contributed by atoms with Gasteiger partial charge in [0.15, 0.2) is 5.78 Å². The Balaban J connectivity index is 1.13. The number of rotatable bonds is 8. The standard InChI is InChI=1S/C45H37N3O7/c1-26-12-16-30(17-13-26)46-48-42(52)36-24-35-33(39(37-23-20-32(25-49)55-37)45(36,44(48)54)29-10-6-3-7-11-29)21-22-34-38(35)43(53)47(41(34)51)31-18-14-28(15-19-31)40(50)27-8-4-2-5-9-27/h2-21,23,34-36,38-39,46,49H,22,24-25H2,1H3/t34-,35+,36-,38-,39+,45+/m0/s1. The second kappa shape index (κ2) is 13.2. The number of ketones is 1. The third-order valence-corrected chi connectivity index (χ3v) is 11.9. The minimum Gasteiger partial charge on any atom is -0.463 e. The summed E-state index contributed by atoms with van der Waals surface area (Å²) < 4.78 is 6.26. The molecule has 10 nitrogen and oxygen atoms in total. The lowest BCUT2D eigenvalue weighted by Gasteiger charge is -2.49. The SMILES string of the molecule is Cc1ccc(NN2C(=O)[C@@H]3C[C@@H]4C(=CC[C@@H]5C(=O)N(c6ccc(C(=O)c7ccccc7)cc6)C(=O)[C@@H]54)[C@H](c4ccc(CO)o4)[C@]3(c3ccccc3)C2=O)cc1. The first kappa shape index (κ1) is 34.4. The van der Waals surface area contributed by atoms with Gasteiger partial charge in [0.25, 0.3) is 11.8 Å². The van der Waals surface area contributed by atoms with Gasteiger partial charge in [-0.15, -0.1) is 0 Å². The largest absolute Gasteiger partial charge is 0.463 e. The van der Waals surface area contributed by atoms with Gasteiger partial charge < -0.3 is 9.52 Å². The zero-order valence-electron chi connectivity index (χ0n) is 29.9. The van der Waals surface area contributed by atoms with E-state index in [1.807, 2.05) is 61.5 Å². The van der Waals surface area contributed by atoms with E-state index in [9.17, 15) is 24.3 Å². The number of nitrogens with zero attached hydrogens (tertiary/aromatic N) is 2. The Morgan fingerprint density at radius 3 is 2.13 bits per heavy atom. The highest BCUT2D eigenvalue weighted by Gasteiger charge is 2.71. The molecule has 10 heteroatoms. The summed E-state index contributed by atoms with van der Waals surface area (Å²) in [6, 6.07) is 35.3. The van der Waals surface area contributed by atoms with Crippen molar-refractivity contribution in [2.45, 2.75) is 37.7 Å². The highest BCUT2D eigenvalue weighted by molar-refractivity contribution is 6.23. The number of allylic oxidation sites excluding steroid dienone is 2. The topological polar surface area (TPSA) is 137 Å². The van der Waals surface area contributed by atoms with E-state index >= 15 is 4.79 Å². The first-order chi connectivity index (χ1) is 26.7. The highest BCUT2D eigenvalue weighted by atomic mass is 16.4. The lowest BCUT2D eigenvalue weighted by Crippen LogP contribution is -2.53. The average molecular weight is 732 g/mol. The summed E-state index contributed by atoms with van der Waals surface area (Å²) in [7, 11) is 0. The van der Waals surface area contributed by atoms with Gasteiger partial charge in [-0.1, -0.05) is 90.0 Å². The molecule has 0 bridgehead atoms. The van der Waals surface area contributed by atoms with Gasteiger partial charge in [0.1, 0.15) is 23.5 Å². The van der Waals surface area contributed by atoms with E-state index in [-0.39, 0.29) is 37.0 Å². The predicted molar refractivity (Wildman–Crippen MR) is 202 cm³/mol. The van der Waals surface area contributed by atoms with Crippen LogP contribution in [0, 0.1) is 30.6 Å². The molecule has 0 unspecified atom stereocenters. The van der Waals surface area contributed by atoms with Gasteiger partial charge in [-0.25, -0.2) is 0 Å². The van der Waals surface area contributed by atoms with Crippen LogP contribution in [0.2, 0.25) is 0 Å². The molecule has 55 heavy (non-hydrogen) atoms. The Labute approximate surface area is 317 Å². The molecule has 2 saturated heterocycles. The van der Waals surface area contributed by atoms with Gasteiger partial charge in [-0.2, -0.15) is 5.01 Å². The molecule has 274 valence electrons. The smallest absolute Gasteiger partial charge is 0.260 e. The molecule has 3 heterocycles. The number of aliphatic hydroxyl groups excluding tert-OH is 1. The molecule has 2 aliphatic carbocycles. The maximum Gasteiger partial charge on any atom is 0.260 e. The van der Waals surface area contributed by atoms with Crippen LogP contribution in [0.4, 0.5) is 11.4 Å². The Morgan fingerprint density at radius 2 is 1.45 bits per heavy atom. The number of hydrogen-bond donors (Lipinski definition) is 2. The Kier molecular flexibility index (Phi) is 8.24. The summed E-state index contributed by atoms with van der Waals surface area (Å²) in [5.41, 5.74) is 5.90. The Hall–Kier alpha value is -6.39. The fourth-order valence-corrected chi connectivity index (χ4v) is 9.46. The van der Waals surface area contributed by atoms with E-state index < -0.39 is 46.8 Å². The van der Waals surface area contributed by atoms with Crippen molar-refractivity contribution in [1.82, 2.24) is 5.01 Å². The van der Waals surface area contributed by atoms with Crippen LogP contribution in [-0.2, 0) is 31.2 Å². The molecule has 0 spiro atoms. The van der Waals surface area contributed by atoms with Crippen molar-refractivity contribution in [2.24, 2.45) is 23.7 Å². The lowest BCUT2D eigenvalue weighted by atomic mass is 9.50. The Morgan fingerprint density at radius 1 is 0.782 bits per heavy atom. The zero-order valence-corrected chi connectivity index (χ0v) is 29.9. The normalized spacial score (nSPS) is 25.7. The van der Waals surface area contributed by atoms with Crippen LogP contribution in [0.15, 0.2) is 137 Å². The third kappa shape index (κ3) is 5.23. The minimum absolute atomic E-state index is 0.139. The van der Waals surface area contributed by atoms with Crippen LogP contribution in [0.3, 0.4) is 0 Å². The fraction of sp³-hybridized carbons (Fsp3) is 0.222. The summed E-state index contributed by atoms with van der Waals surface area (Å²) >= 11 is 0. The molecule has 0 radical (unpaired) electrons. The first-order valence-electron chi connectivity index (χ1n) is 18.5. The predicted octanol–water partition coefficient (Wildman–Crippen LogP) is 6.50. The van der Waals surface area contributed by atoms with Gasteiger partial charge in [0, 0.05) is 11.1 Å². The molecule has 2 aliphatic heterocycles. The molecule has 6 atom stereocenters. The second-order valence-corrected chi connectivity index (χ2v) is 14.8. The lowest BCUT2D eigenvalue weighted by molar-refractivity contribution is -0.138. The van der Waals surface area contributed by atoms with Crippen molar-refractivity contribution < 1.29 is 33.5 Å². The van der Waals surface area contributed by atoms with Crippen molar-refractivity contribution in [2.75, 3.05) is 10.3 Å². The summed E-state index contributed by atoms with van der Waals surface area (Å²) in [6.07, 6.45) is 2.35. The maximum absolute atomic E-state index is 15.2. The number of benzene rings is 4. The molecule has 4 aliphatic rings. The molecule has 9 rings (SSSR count). The van der Waals surface area contributed by atoms with Crippen LogP contribution >= 0.6 is 0 Å². The fourth-order valence-electron chi connectivity index (χ4n) is 9.46. The molecule has 1 aromatic heterocycles. The highest BCUT2D eigenvalue weighted by Crippen LogP contribution is 2.64. The van der Waals surface area contributed by atoms with Crippen molar-refractivity contribution in [1.29, 1.82) is 0 Å². The van der Waals surface area contributed by atoms with E-state index in [2.05, 4.69) is 5.43 Å². The van der Waals surface area contributed by atoms with Gasteiger partial charge in [0.2, 0.25) is 11.8 Å². The quantitative estimate of drug-likeness (QED) is 0.105. The number of nitrogens with one attached hydrogen (secondary N) is 1. The summed E-state index contributed by atoms with van der Waals surface area (Å²) in [6.45, 7) is 1.58. The number of furan rings is 1.